The van der Waals surface area contributed by atoms with Crippen LogP contribution in [0.1, 0.15) is 0 Å². The van der Waals surface area contributed by atoms with Crippen LogP contribution in [0.2, 0.25) is 0 Å². The van der Waals surface area contributed by atoms with E-state index in [1.165, 1.54) is 18.4 Å². The molecule has 0 radical (unpaired) electrons. The highest BCUT2D eigenvalue weighted by molar-refractivity contribution is 7.08. The predicted molar refractivity (Wildman–Crippen MR) is 41.8 cm³/mol. The lowest BCUT2D eigenvalue weighted by atomic mass is 10.5. The molecule has 0 bridgehead atoms. The third-order valence-corrected chi connectivity index (χ3v) is 1.75. The molecular weight excluding hydrogens is 166 g/mol. The highest BCUT2D eigenvalue weighted by Gasteiger charge is 2.06. The summed E-state index contributed by atoms with van der Waals surface area (Å²) in [6, 6.07) is 0. The first-order valence-electron chi connectivity index (χ1n) is 2.81. The Labute approximate surface area is 67.5 Å². The van der Waals surface area contributed by atoms with E-state index in [1.807, 2.05) is 0 Å². The standard InChI is InChI=1S/C6H7NO3S/c1-9-6(8)10-5-3-11-2-4(5)7/h2-3H,7H2,1H3. The second-order valence-electron chi connectivity index (χ2n) is 1.75. The molecule has 0 aliphatic rings. The van der Waals surface area contributed by atoms with E-state index in [9.17, 15) is 4.79 Å². The van der Waals surface area contributed by atoms with Crippen molar-refractivity contribution in [2.45, 2.75) is 0 Å². The quantitative estimate of drug-likeness (QED) is 0.653. The number of hydrogen-bond acceptors (Lipinski definition) is 5. The Bertz CT molecular complexity index is 258. The van der Waals surface area contributed by atoms with Gasteiger partial charge < -0.3 is 15.2 Å². The van der Waals surface area contributed by atoms with Crippen LogP contribution >= 0.6 is 11.3 Å². The first-order valence-corrected chi connectivity index (χ1v) is 3.75. The summed E-state index contributed by atoms with van der Waals surface area (Å²) in [5.74, 6) is 0.349. The summed E-state index contributed by atoms with van der Waals surface area (Å²) in [5, 5.41) is 3.31. The number of rotatable bonds is 1. The average Bonchev–Trinajstić information content (AvgIpc) is 2.37. The molecule has 0 amide bonds. The van der Waals surface area contributed by atoms with E-state index in [2.05, 4.69) is 9.47 Å². The van der Waals surface area contributed by atoms with Crippen molar-refractivity contribution in [2.24, 2.45) is 0 Å². The lowest BCUT2D eigenvalue weighted by Crippen LogP contribution is -2.07. The summed E-state index contributed by atoms with van der Waals surface area (Å²) in [7, 11) is 1.24. The first-order chi connectivity index (χ1) is 5.24. The van der Waals surface area contributed by atoms with Crippen molar-refractivity contribution in [1.82, 2.24) is 0 Å². The molecule has 11 heavy (non-hydrogen) atoms. The molecular formula is C6H7NO3S. The Morgan fingerprint density at radius 3 is 2.82 bits per heavy atom. The van der Waals surface area contributed by atoms with Crippen LogP contribution in [-0.2, 0) is 4.74 Å². The average molecular weight is 173 g/mol. The second-order valence-corrected chi connectivity index (χ2v) is 2.49. The van der Waals surface area contributed by atoms with E-state index < -0.39 is 6.16 Å². The van der Waals surface area contributed by atoms with Gasteiger partial charge in [-0.3, -0.25) is 0 Å². The topological polar surface area (TPSA) is 61.5 Å². The van der Waals surface area contributed by atoms with Crippen LogP contribution in [0, 0.1) is 0 Å². The molecule has 0 fully saturated rings. The molecule has 5 heteroatoms. The molecule has 0 saturated carbocycles. The van der Waals surface area contributed by atoms with Crippen molar-refractivity contribution >= 4 is 23.2 Å². The smallest absolute Gasteiger partial charge is 0.437 e. The maximum atomic E-state index is 10.5. The van der Waals surface area contributed by atoms with Gasteiger partial charge in [-0.1, -0.05) is 0 Å². The Morgan fingerprint density at radius 2 is 2.36 bits per heavy atom. The van der Waals surface area contributed by atoms with Gasteiger partial charge in [-0.05, 0) is 0 Å². The molecule has 0 atom stereocenters. The SMILES string of the molecule is COC(=O)Oc1cscc1N. The van der Waals surface area contributed by atoms with E-state index in [4.69, 9.17) is 5.73 Å². The predicted octanol–water partition coefficient (Wildman–Crippen LogP) is 1.48. The summed E-state index contributed by atoms with van der Waals surface area (Å²) >= 11 is 1.36. The monoisotopic (exact) mass is 173 g/mol. The number of thiophene rings is 1. The fourth-order valence-corrected chi connectivity index (χ4v) is 1.15. The fourth-order valence-electron chi connectivity index (χ4n) is 0.510. The van der Waals surface area contributed by atoms with Gasteiger partial charge in [0.05, 0.1) is 12.8 Å². The van der Waals surface area contributed by atoms with Crippen LogP contribution in [-0.4, -0.2) is 13.3 Å². The molecule has 0 spiro atoms. The van der Waals surface area contributed by atoms with Gasteiger partial charge in [0, 0.05) is 10.8 Å². The normalized spacial score (nSPS) is 9.18. The van der Waals surface area contributed by atoms with E-state index in [0.29, 0.717) is 11.4 Å². The van der Waals surface area contributed by atoms with Gasteiger partial charge in [-0.2, -0.15) is 0 Å². The lowest BCUT2D eigenvalue weighted by molar-refractivity contribution is 0.122. The molecule has 0 saturated heterocycles. The number of carbonyl (C=O) groups excluding carboxylic acids is 1. The van der Waals surface area contributed by atoms with Crippen molar-refractivity contribution in [1.29, 1.82) is 0 Å². The lowest BCUT2D eigenvalue weighted by Gasteiger charge is -1.99. The largest absolute Gasteiger partial charge is 0.513 e. The molecule has 1 aromatic heterocycles. The van der Waals surface area contributed by atoms with Gasteiger partial charge in [-0.15, -0.1) is 11.3 Å². The number of carbonyl (C=O) groups is 1. The zero-order valence-corrected chi connectivity index (χ0v) is 6.68. The van der Waals surface area contributed by atoms with Crippen molar-refractivity contribution < 1.29 is 14.3 Å². The number of methoxy groups -OCH3 is 1. The Hall–Kier alpha value is -1.23. The maximum Gasteiger partial charge on any atom is 0.513 e. The summed E-state index contributed by atoms with van der Waals surface area (Å²) in [4.78, 5) is 10.5. The van der Waals surface area contributed by atoms with E-state index in [0.717, 1.165) is 0 Å². The van der Waals surface area contributed by atoms with Gasteiger partial charge in [0.25, 0.3) is 0 Å². The zero-order valence-electron chi connectivity index (χ0n) is 5.87. The fraction of sp³-hybridized carbons (Fsp3) is 0.167. The number of nitrogens with two attached hydrogens (primary N) is 1. The minimum Gasteiger partial charge on any atom is -0.437 e. The Kier molecular flexibility index (Phi) is 2.32. The first kappa shape index (κ1) is 7.87. The third-order valence-electron chi connectivity index (χ3n) is 1.01. The van der Waals surface area contributed by atoms with E-state index in [1.54, 1.807) is 10.8 Å². The summed E-state index contributed by atoms with van der Waals surface area (Å²) in [5.41, 5.74) is 5.87. The molecule has 1 rings (SSSR count). The van der Waals surface area contributed by atoms with Crippen LogP contribution in [0.3, 0.4) is 0 Å². The van der Waals surface area contributed by atoms with Crippen molar-refractivity contribution in [3.05, 3.63) is 10.8 Å². The van der Waals surface area contributed by atoms with Crippen LogP contribution in [0.5, 0.6) is 5.75 Å². The van der Waals surface area contributed by atoms with Crippen LogP contribution in [0.15, 0.2) is 10.8 Å². The zero-order chi connectivity index (χ0) is 8.27. The van der Waals surface area contributed by atoms with Gasteiger partial charge in [0.1, 0.15) is 0 Å². The van der Waals surface area contributed by atoms with E-state index in [-0.39, 0.29) is 0 Å². The third kappa shape index (κ3) is 1.84. The Morgan fingerprint density at radius 1 is 1.64 bits per heavy atom. The Balaban J connectivity index is 2.64. The number of ether oxygens (including phenoxy) is 2. The molecule has 2 N–H and O–H groups in total. The highest BCUT2D eigenvalue weighted by Crippen LogP contribution is 2.25. The summed E-state index contributed by atoms with van der Waals surface area (Å²) in [6.45, 7) is 0. The number of hydrogen-bond donors (Lipinski definition) is 1. The molecule has 0 unspecified atom stereocenters. The molecule has 4 nitrogen and oxygen atoms in total. The minimum atomic E-state index is -0.755. The van der Waals surface area contributed by atoms with Gasteiger partial charge in [0.15, 0.2) is 5.75 Å². The van der Waals surface area contributed by atoms with Crippen molar-refractivity contribution in [3.63, 3.8) is 0 Å². The number of anilines is 1. The van der Waals surface area contributed by atoms with Crippen molar-refractivity contribution in [2.75, 3.05) is 12.8 Å². The summed E-state index contributed by atoms with van der Waals surface area (Å²) < 4.78 is 8.93. The van der Waals surface area contributed by atoms with Gasteiger partial charge in [0.2, 0.25) is 0 Å². The van der Waals surface area contributed by atoms with E-state index >= 15 is 0 Å². The molecule has 1 aromatic rings. The molecule has 1 heterocycles. The van der Waals surface area contributed by atoms with Crippen LogP contribution in [0.25, 0.3) is 0 Å². The van der Waals surface area contributed by atoms with Gasteiger partial charge in [-0.25, -0.2) is 4.79 Å². The van der Waals surface area contributed by atoms with Crippen LogP contribution < -0.4 is 10.5 Å². The van der Waals surface area contributed by atoms with Crippen LogP contribution in [0.4, 0.5) is 10.5 Å². The summed E-state index contributed by atoms with van der Waals surface area (Å²) in [6.07, 6.45) is -0.755. The molecule has 0 aliphatic carbocycles. The molecule has 0 aliphatic heterocycles. The maximum absolute atomic E-state index is 10.5. The molecule has 60 valence electrons. The van der Waals surface area contributed by atoms with Crippen molar-refractivity contribution in [3.8, 4) is 5.75 Å². The highest BCUT2D eigenvalue weighted by atomic mass is 32.1. The van der Waals surface area contributed by atoms with Gasteiger partial charge >= 0.3 is 6.16 Å². The minimum absolute atomic E-state index is 0.349. The second kappa shape index (κ2) is 3.25. The number of nitrogen functional groups attached to an aromatic ring is 1. The molecule has 0 aromatic carbocycles.